The molecule has 0 saturated carbocycles. The first-order valence-corrected chi connectivity index (χ1v) is 7.23. The van der Waals surface area contributed by atoms with Gasteiger partial charge in [-0.15, -0.1) is 0 Å². The van der Waals surface area contributed by atoms with Gasteiger partial charge in [-0.05, 0) is 16.8 Å². The Morgan fingerprint density at radius 2 is 1.91 bits per heavy atom. The molecule has 4 rings (SSSR count). The molecular weight excluding hydrogens is 280 g/mol. The van der Waals surface area contributed by atoms with Crippen LogP contribution in [0.4, 0.5) is 0 Å². The molecule has 22 heavy (non-hydrogen) atoms. The summed E-state index contributed by atoms with van der Waals surface area (Å²) in [5, 5.41) is 11.1. The predicted octanol–water partition coefficient (Wildman–Crippen LogP) is 2.82. The fraction of sp³-hybridized carbons (Fsp3) is 0.222. The lowest BCUT2D eigenvalue weighted by Gasteiger charge is -2.22. The van der Waals surface area contributed by atoms with Gasteiger partial charge < -0.3 is 9.84 Å². The van der Waals surface area contributed by atoms with Gasteiger partial charge in [0.15, 0.2) is 11.4 Å². The summed E-state index contributed by atoms with van der Waals surface area (Å²) in [5.41, 5.74) is -0.549. The van der Waals surface area contributed by atoms with Crippen LogP contribution >= 0.6 is 0 Å². The monoisotopic (exact) mass is 294 g/mol. The van der Waals surface area contributed by atoms with Gasteiger partial charge in [0.05, 0.1) is 12.0 Å². The van der Waals surface area contributed by atoms with Crippen LogP contribution < -0.4 is 0 Å². The highest BCUT2D eigenvalue weighted by molar-refractivity contribution is 6.13. The maximum Gasteiger partial charge on any atom is 0.309 e. The Kier molecular flexibility index (Phi) is 2.71. The van der Waals surface area contributed by atoms with Gasteiger partial charge in [-0.1, -0.05) is 48.5 Å². The van der Waals surface area contributed by atoms with E-state index in [1.807, 2.05) is 36.4 Å². The van der Waals surface area contributed by atoms with E-state index in [1.165, 1.54) is 0 Å². The number of ketones is 1. The summed E-state index contributed by atoms with van der Waals surface area (Å²) >= 11 is 0. The van der Waals surface area contributed by atoms with Crippen molar-refractivity contribution >= 4 is 22.5 Å². The number of carboxylic acids is 1. The number of hydrogen-bond donors (Lipinski definition) is 1. The highest BCUT2D eigenvalue weighted by Crippen LogP contribution is 2.44. The summed E-state index contributed by atoms with van der Waals surface area (Å²) in [6, 6.07) is 13.2. The number of carbonyl (C=O) groups is 2. The Morgan fingerprint density at radius 3 is 2.68 bits per heavy atom. The van der Waals surface area contributed by atoms with E-state index in [1.54, 1.807) is 18.2 Å². The number of hydrogen-bond acceptors (Lipinski definition) is 3. The molecule has 3 unspecified atom stereocenters. The third-order valence-electron chi connectivity index (χ3n) is 4.56. The Hall–Kier alpha value is -2.46. The molecule has 0 radical (unpaired) electrons. The Morgan fingerprint density at radius 1 is 1.14 bits per heavy atom. The molecule has 1 fully saturated rings. The Labute approximate surface area is 127 Å². The lowest BCUT2D eigenvalue weighted by atomic mass is 9.81. The Bertz CT molecular complexity index is 817. The van der Waals surface area contributed by atoms with Gasteiger partial charge in [-0.3, -0.25) is 9.59 Å². The van der Waals surface area contributed by atoms with Crippen molar-refractivity contribution in [3.8, 4) is 0 Å². The molecule has 2 aromatic carbocycles. The van der Waals surface area contributed by atoms with Gasteiger partial charge in [0, 0.05) is 12.0 Å². The minimum absolute atomic E-state index is 0.160. The van der Waals surface area contributed by atoms with E-state index in [2.05, 4.69) is 0 Å². The van der Waals surface area contributed by atoms with Gasteiger partial charge in [0.25, 0.3) is 0 Å². The predicted molar refractivity (Wildman–Crippen MR) is 80.8 cm³/mol. The van der Waals surface area contributed by atoms with E-state index >= 15 is 0 Å². The zero-order valence-corrected chi connectivity index (χ0v) is 11.7. The number of carbonyl (C=O) groups excluding carboxylic acids is 1. The van der Waals surface area contributed by atoms with Crippen LogP contribution in [0.3, 0.4) is 0 Å². The third kappa shape index (κ3) is 1.74. The zero-order chi connectivity index (χ0) is 15.3. The smallest absolute Gasteiger partial charge is 0.309 e. The van der Waals surface area contributed by atoms with E-state index in [4.69, 9.17) is 4.74 Å². The molecule has 0 aliphatic carbocycles. The van der Waals surface area contributed by atoms with Crippen molar-refractivity contribution in [3.63, 3.8) is 0 Å². The van der Waals surface area contributed by atoms with Gasteiger partial charge in [-0.25, -0.2) is 0 Å². The van der Waals surface area contributed by atoms with Crippen molar-refractivity contribution < 1.29 is 19.4 Å². The average molecular weight is 294 g/mol. The Balaban J connectivity index is 1.79. The van der Waals surface area contributed by atoms with Crippen LogP contribution in [0, 0.1) is 5.92 Å². The molecule has 4 heteroatoms. The first-order chi connectivity index (χ1) is 10.6. The largest absolute Gasteiger partial charge is 0.481 e. The molecule has 0 aromatic heterocycles. The van der Waals surface area contributed by atoms with Crippen LogP contribution in [0.25, 0.3) is 10.8 Å². The lowest BCUT2D eigenvalue weighted by molar-refractivity contribution is -0.142. The molecule has 110 valence electrons. The molecule has 1 N–H and O–H groups in total. The van der Waals surface area contributed by atoms with Crippen LogP contribution in [-0.2, 0) is 9.53 Å². The molecule has 2 heterocycles. The fourth-order valence-corrected chi connectivity index (χ4v) is 3.45. The fourth-order valence-electron chi connectivity index (χ4n) is 3.45. The zero-order valence-electron chi connectivity index (χ0n) is 11.7. The minimum atomic E-state index is -1.13. The summed E-state index contributed by atoms with van der Waals surface area (Å²) in [4.78, 5) is 24.3. The first kappa shape index (κ1) is 13.2. The lowest BCUT2D eigenvalue weighted by Crippen LogP contribution is -2.35. The molecule has 1 saturated heterocycles. The molecule has 0 spiro atoms. The molecule has 2 bridgehead atoms. The van der Waals surface area contributed by atoms with Gasteiger partial charge in [0.2, 0.25) is 0 Å². The van der Waals surface area contributed by atoms with Crippen molar-refractivity contribution in [1.82, 2.24) is 0 Å². The molecular formula is C18H14O4. The number of benzene rings is 2. The summed E-state index contributed by atoms with van der Waals surface area (Å²) in [6.07, 6.45) is 3.12. The van der Waals surface area contributed by atoms with Gasteiger partial charge in [0.1, 0.15) is 0 Å². The molecule has 2 aliphatic rings. The standard InChI is InChI=1S/C18H14O4/c19-16(13-7-3-5-11-4-1-2-6-12(11)13)18-9-8-15(22-18)14(10-18)17(20)21/h1-9,14-15H,10H2,(H,20,21). The number of aliphatic carboxylic acids is 1. The number of rotatable bonds is 3. The SMILES string of the molecule is O=C(O)C1CC2(C(=O)c3cccc4ccccc34)C=CC1O2. The van der Waals surface area contributed by atoms with Gasteiger partial charge >= 0.3 is 5.97 Å². The van der Waals surface area contributed by atoms with Crippen molar-refractivity contribution in [3.05, 3.63) is 60.2 Å². The second kappa shape index (κ2) is 4.52. The summed E-state index contributed by atoms with van der Waals surface area (Å²) in [6.45, 7) is 0. The second-order valence-electron chi connectivity index (χ2n) is 5.84. The number of ether oxygens (including phenoxy) is 1. The molecule has 0 amide bonds. The maximum absolute atomic E-state index is 13.0. The number of Topliss-reactive ketones (excluding diaryl/α,β-unsaturated/α-hetero) is 1. The summed E-state index contributed by atoms with van der Waals surface area (Å²) in [7, 11) is 0. The highest BCUT2D eigenvalue weighted by Gasteiger charge is 2.55. The third-order valence-corrected chi connectivity index (χ3v) is 4.56. The van der Waals surface area contributed by atoms with Crippen molar-refractivity contribution in [2.75, 3.05) is 0 Å². The molecule has 2 aliphatic heterocycles. The van der Waals surface area contributed by atoms with E-state index in [-0.39, 0.29) is 12.2 Å². The van der Waals surface area contributed by atoms with E-state index in [0.29, 0.717) is 5.56 Å². The van der Waals surface area contributed by atoms with Crippen molar-refractivity contribution in [1.29, 1.82) is 0 Å². The normalized spacial score (nSPS) is 29.1. The minimum Gasteiger partial charge on any atom is -0.481 e. The number of carboxylic acid groups (broad SMARTS) is 1. The van der Waals surface area contributed by atoms with E-state index in [9.17, 15) is 14.7 Å². The summed E-state index contributed by atoms with van der Waals surface area (Å²) in [5.74, 6) is -1.72. The van der Waals surface area contributed by atoms with Crippen LogP contribution in [0.1, 0.15) is 16.8 Å². The molecule has 4 nitrogen and oxygen atoms in total. The molecule has 3 atom stereocenters. The van der Waals surface area contributed by atoms with E-state index in [0.717, 1.165) is 10.8 Å². The first-order valence-electron chi connectivity index (χ1n) is 7.23. The highest BCUT2D eigenvalue weighted by atomic mass is 16.5. The molecule has 2 aromatic rings. The van der Waals surface area contributed by atoms with Crippen LogP contribution in [0.5, 0.6) is 0 Å². The number of fused-ring (bicyclic) bond motifs is 3. The maximum atomic E-state index is 13.0. The quantitative estimate of drug-likeness (QED) is 0.698. The van der Waals surface area contributed by atoms with Crippen molar-refractivity contribution in [2.24, 2.45) is 5.92 Å². The second-order valence-corrected chi connectivity index (χ2v) is 5.84. The van der Waals surface area contributed by atoms with Crippen LogP contribution in [-0.4, -0.2) is 28.6 Å². The average Bonchev–Trinajstić information content (AvgIpc) is 3.13. The van der Waals surface area contributed by atoms with Crippen molar-refractivity contribution in [2.45, 2.75) is 18.1 Å². The van der Waals surface area contributed by atoms with E-state index < -0.39 is 23.6 Å². The van der Waals surface area contributed by atoms with Crippen LogP contribution in [0.15, 0.2) is 54.6 Å². The topological polar surface area (TPSA) is 63.6 Å². The summed E-state index contributed by atoms with van der Waals surface area (Å²) < 4.78 is 5.76. The van der Waals surface area contributed by atoms with Gasteiger partial charge in [-0.2, -0.15) is 0 Å². The van der Waals surface area contributed by atoms with Crippen LogP contribution in [0.2, 0.25) is 0 Å².